The average molecular weight is 421 g/mol. The number of anilines is 1. The van der Waals surface area contributed by atoms with Crippen LogP contribution in [0.3, 0.4) is 0 Å². The lowest BCUT2D eigenvalue weighted by atomic mass is 9.90. The van der Waals surface area contributed by atoms with Gasteiger partial charge in [-0.3, -0.25) is 14.5 Å². The van der Waals surface area contributed by atoms with Crippen molar-refractivity contribution in [1.29, 1.82) is 0 Å². The second-order valence-corrected chi connectivity index (χ2v) is 9.44. The van der Waals surface area contributed by atoms with Crippen LogP contribution in [-0.4, -0.2) is 29.7 Å². The average Bonchev–Trinajstić information content (AvgIpc) is 3.11. The lowest BCUT2D eigenvalue weighted by Gasteiger charge is -2.31. The summed E-state index contributed by atoms with van der Waals surface area (Å²) in [5.74, 6) is 0.770. The molecule has 0 saturated carbocycles. The number of thiophene rings is 1. The highest BCUT2D eigenvalue weighted by molar-refractivity contribution is 7.19. The minimum Gasteiger partial charge on any atom is -0.326 e. The van der Waals surface area contributed by atoms with Crippen molar-refractivity contribution in [3.63, 3.8) is 0 Å². The maximum atomic E-state index is 12.7. The van der Waals surface area contributed by atoms with Crippen molar-refractivity contribution < 1.29 is 9.59 Å². The molecule has 0 bridgehead atoms. The number of Topliss-reactive ketones (excluding diaryl/α,β-unsaturated/α-hetero) is 1. The van der Waals surface area contributed by atoms with Crippen molar-refractivity contribution in [3.8, 4) is 0 Å². The topological polar surface area (TPSA) is 49.4 Å². The highest BCUT2D eigenvalue weighted by Crippen LogP contribution is 2.30. The van der Waals surface area contributed by atoms with E-state index in [0.29, 0.717) is 24.5 Å². The zero-order valence-electron chi connectivity index (χ0n) is 17.4. The highest BCUT2D eigenvalue weighted by Gasteiger charge is 2.22. The van der Waals surface area contributed by atoms with E-state index in [1.54, 1.807) is 11.3 Å². The van der Waals surface area contributed by atoms with E-state index in [9.17, 15) is 9.59 Å². The molecule has 30 heavy (non-hydrogen) atoms. The molecule has 0 spiro atoms. The Balaban J connectivity index is 1.27. The number of nitrogens with zero attached hydrogens (tertiary/aromatic N) is 1. The minimum absolute atomic E-state index is 0.0730. The summed E-state index contributed by atoms with van der Waals surface area (Å²) in [7, 11) is 0. The van der Waals surface area contributed by atoms with Crippen LogP contribution in [-0.2, 0) is 22.6 Å². The van der Waals surface area contributed by atoms with Crippen molar-refractivity contribution in [2.24, 2.45) is 5.92 Å². The second-order valence-electron chi connectivity index (χ2n) is 8.27. The summed E-state index contributed by atoms with van der Waals surface area (Å²) >= 11 is 1.65. The third kappa shape index (κ3) is 5.55. The highest BCUT2D eigenvalue weighted by atomic mass is 32.1. The molecule has 4 rings (SSSR count). The number of nitrogens with one attached hydrogen (secondary N) is 1. The second kappa shape index (κ2) is 9.54. The molecule has 1 saturated heterocycles. The lowest BCUT2D eigenvalue weighted by molar-refractivity contribution is -0.119. The molecule has 1 aliphatic heterocycles. The maximum absolute atomic E-state index is 12.7. The summed E-state index contributed by atoms with van der Waals surface area (Å²) in [6, 6.07) is 18.6. The van der Waals surface area contributed by atoms with E-state index in [-0.39, 0.29) is 5.91 Å². The van der Waals surface area contributed by atoms with Crippen molar-refractivity contribution in [2.75, 3.05) is 18.4 Å². The molecule has 2 heterocycles. The van der Waals surface area contributed by atoms with Crippen molar-refractivity contribution >= 4 is 38.8 Å². The van der Waals surface area contributed by atoms with Gasteiger partial charge in [-0.25, -0.2) is 0 Å². The number of ketones is 1. The number of piperidine rings is 1. The van der Waals surface area contributed by atoms with Gasteiger partial charge in [0.1, 0.15) is 5.78 Å². The number of likely N-dealkylation sites (tertiary alicyclic amines) is 1. The van der Waals surface area contributed by atoms with Crippen LogP contribution >= 0.6 is 11.3 Å². The first-order chi connectivity index (χ1) is 14.5. The number of fused-ring (bicyclic) bond motifs is 1. The van der Waals surface area contributed by atoms with Crippen molar-refractivity contribution in [3.05, 3.63) is 65.0 Å². The van der Waals surface area contributed by atoms with Gasteiger partial charge in [0.25, 0.3) is 0 Å². The first-order valence-corrected chi connectivity index (χ1v) is 11.4. The molecule has 0 atom stereocenters. The van der Waals surface area contributed by atoms with Gasteiger partial charge in [0, 0.05) is 41.6 Å². The Morgan fingerprint density at radius 1 is 1.07 bits per heavy atom. The number of hydrogen-bond donors (Lipinski definition) is 1. The molecule has 0 unspecified atom stereocenters. The Labute approximate surface area is 181 Å². The van der Waals surface area contributed by atoms with E-state index in [2.05, 4.69) is 46.6 Å². The number of rotatable bonds is 7. The summed E-state index contributed by atoms with van der Waals surface area (Å²) in [5, 5.41) is 3.95. The largest absolute Gasteiger partial charge is 0.326 e. The van der Waals surface area contributed by atoms with Crippen LogP contribution in [0.4, 0.5) is 5.69 Å². The van der Waals surface area contributed by atoms with Crippen molar-refractivity contribution in [2.45, 2.75) is 39.2 Å². The van der Waals surface area contributed by atoms with Gasteiger partial charge in [0.15, 0.2) is 0 Å². The van der Waals surface area contributed by atoms with Crippen molar-refractivity contribution in [1.82, 2.24) is 4.90 Å². The van der Waals surface area contributed by atoms with Gasteiger partial charge < -0.3 is 5.32 Å². The summed E-state index contributed by atoms with van der Waals surface area (Å²) in [6.07, 6.45) is 3.40. The van der Waals surface area contributed by atoms with Crippen LogP contribution in [0.15, 0.2) is 54.6 Å². The molecule has 1 fully saturated rings. The van der Waals surface area contributed by atoms with E-state index in [1.165, 1.54) is 12.5 Å². The molecule has 156 valence electrons. The Hall–Kier alpha value is -2.50. The molecule has 5 heteroatoms. The van der Waals surface area contributed by atoms with Gasteiger partial charge in [-0.05, 0) is 61.0 Å². The van der Waals surface area contributed by atoms with E-state index in [0.717, 1.165) is 53.1 Å². The van der Waals surface area contributed by atoms with Crippen LogP contribution in [0.25, 0.3) is 10.1 Å². The van der Waals surface area contributed by atoms with Gasteiger partial charge in [0.2, 0.25) is 5.91 Å². The van der Waals surface area contributed by atoms with Gasteiger partial charge in [-0.15, -0.1) is 11.3 Å². The molecule has 1 aliphatic rings. The van der Waals surface area contributed by atoms with Gasteiger partial charge in [-0.1, -0.05) is 36.4 Å². The quantitative estimate of drug-likeness (QED) is 0.566. The van der Waals surface area contributed by atoms with Gasteiger partial charge >= 0.3 is 0 Å². The Bertz CT molecular complexity index is 1020. The number of carbonyl (C=O) groups is 2. The van der Waals surface area contributed by atoms with Crippen LogP contribution in [0.1, 0.15) is 36.6 Å². The molecule has 0 radical (unpaired) electrons. The molecule has 1 aromatic heterocycles. The predicted octanol–water partition coefficient (Wildman–Crippen LogP) is 5.27. The van der Waals surface area contributed by atoms with Crippen LogP contribution in [0.5, 0.6) is 0 Å². The number of amides is 1. The molecule has 2 aromatic carbocycles. The zero-order chi connectivity index (χ0) is 20.9. The summed E-state index contributed by atoms with van der Waals surface area (Å²) in [5.41, 5.74) is 2.16. The molecular weight excluding hydrogens is 392 g/mol. The van der Waals surface area contributed by atoms with E-state index in [1.807, 2.05) is 18.2 Å². The Morgan fingerprint density at radius 2 is 1.83 bits per heavy atom. The summed E-state index contributed by atoms with van der Waals surface area (Å²) in [4.78, 5) is 27.5. The Kier molecular flexibility index (Phi) is 6.60. The number of carbonyl (C=O) groups excluding carboxylic acids is 2. The molecule has 4 nitrogen and oxygen atoms in total. The standard InChI is InChI=1S/C25H28N2O2S/c1-18(28)26-22-8-7-21-14-24(30-25(21)15-22)16-23(29)13-19-9-11-27(12-10-19)17-20-5-3-2-4-6-20/h2-8,14-15,19H,9-13,16-17H2,1H3,(H,26,28). The molecule has 0 aliphatic carbocycles. The van der Waals surface area contributed by atoms with Crippen LogP contribution < -0.4 is 5.32 Å². The maximum Gasteiger partial charge on any atom is 0.221 e. The monoisotopic (exact) mass is 420 g/mol. The molecular formula is C25H28N2O2S. The van der Waals surface area contributed by atoms with E-state index in [4.69, 9.17) is 0 Å². The fourth-order valence-corrected chi connectivity index (χ4v) is 5.37. The fourth-order valence-electron chi connectivity index (χ4n) is 4.23. The van der Waals surface area contributed by atoms with Gasteiger partial charge in [-0.2, -0.15) is 0 Å². The SMILES string of the molecule is CC(=O)Nc1ccc2cc(CC(=O)CC3CCN(Cc4ccccc4)CC3)sc2c1. The summed E-state index contributed by atoms with van der Waals surface area (Å²) < 4.78 is 1.11. The van der Waals surface area contributed by atoms with Crippen LogP contribution in [0, 0.1) is 5.92 Å². The normalized spacial score (nSPS) is 15.4. The Morgan fingerprint density at radius 3 is 2.57 bits per heavy atom. The first-order valence-electron chi connectivity index (χ1n) is 10.6. The smallest absolute Gasteiger partial charge is 0.221 e. The summed E-state index contributed by atoms with van der Waals surface area (Å²) in [6.45, 7) is 4.65. The predicted molar refractivity (Wildman–Crippen MR) is 124 cm³/mol. The minimum atomic E-state index is -0.0730. The lowest BCUT2D eigenvalue weighted by Crippen LogP contribution is -2.34. The molecule has 1 N–H and O–H groups in total. The van der Waals surface area contributed by atoms with Gasteiger partial charge in [0.05, 0.1) is 0 Å². The molecule has 1 amide bonds. The fraction of sp³-hybridized carbons (Fsp3) is 0.360. The first kappa shape index (κ1) is 20.8. The number of benzene rings is 2. The zero-order valence-corrected chi connectivity index (χ0v) is 18.2. The third-order valence-electron chi connectivity index (χ3n) is 5.74. The molecule has 3 aromatic rings. The number of hydrogen-bond acceptors (Lipinski definition) is 4. The van der Waals surface area contributed by atoms with E-state index < -0.39 is 0 Å². The van der Waals surface area contributed by atoms with Crippen LogP contribution in [0.2, 0.25) is 0 Å². The third-order valence-corrected chi connectivity index (χ3v) is 6.83. The van der Waals surface area contributed by atoms with E-state index >= 15 is 0 Å².